The summed E-state index contributed by atoms with van der Waals surface area (Å²) in [6, 6.07) is 8.70. The number of para-hydroxylation sites is 1. The van der Waals surface area contributed by atoms with E-state index >= 15 is 0 Å². The first kappa shape index (κ1) is 19.9. The van der Waals surface area contributed by atoms with Gasteiger partial charge >= 0.3 is 5.97 Å². The Balaban J connectivity index is 1.55. The highest BCUT2D eigenvalue weighted by Crippen LogP contribution is 2.44. The van der Waals surface area contributed by atoms with Crippen molar-refractivity contribution in [1.82, 2.24) is 10.2 Å². The van der Waals surface area contributed by atoms with Gasteiger partial charge in [-0.3, -0.25) is 19.3 Å². The lowest BCUT2D eigenvalue weighted by atomic mass is 9.97. The van der Waals surface area contributed by atoms with E-state index < -0.39 is 35.6 Å². The van der Waals surface area contributed by atoms with Crippen LogP contribution < -0.4 is 10.2 Å². The zero-order chi connectivity index (χ0) is 21.7. The molecule has 9 nitrogen and oxygen atoms in total. The maximum atomic E-state index is 13.1. The summed E-state index contributed by atoms with van der Waals surface area (Å²) < 4.78 is 5.27. The van der Waals surface area contributed by atoms with Gasteiger partial charge < -0.3 is 15.0 Å². The standard InChI is InChI=1S/C21H22N4O5/c1-20(12-22,13-7-8-13)23-16(26)11-30-19(29)21-10-9-17(27)25(21)15-6-4-3-5-14(15)18(28)24(21)2/h3-6,13H,7-11H2,1-2H3,(H,23,26)/t20-,21-/m0/s1. The highest BCUT2D eigenvalue weighted by atomic mass is 16.5. The minimum Gasteiger partial charge on any atom is -0.452 e. The summed E-state index contributed by atoms with van der Waals surface area (Å²) in [5.41, 5.74) is -1.95. The van der Waals surface area contributed by atoms with Crippen LogP contribution in [-0.2, 0) is 19.1 Å². The van der Waals surface area contributed by atoms with Gasteiger partial charge in [-0.15, -0.1) is 0 Å². The Morgan fingerprint density at radius 1 is 1.33 bits per heavy atom. The number of ether oxygens (including phenoxy) is 1. The molecule has 1 N–H and O–H groups in total. The van der Waals surface area contributed by atoms with Crippen molar-refractivity contribution in [3.05, 3.63) is 29.8 Å². The van der Waals surface area contributed by atoms with Crippen molar-refractivity contribution in [2.24, 2.45) is 5.92 Å². The van der Waals surface area contributed by atoms with Gasteiger partial charge in [0.15, 0.2) is 6.61 Å². The van der Waals surface area contributed by atoms with Crippen molar-refractivity contribution in [1.29, 1.82) is 5.26 Å². The first-order valence-corrected chi connectivity index (χ1v) is 9.84. The average molecular weight is 410 g/mol. The molecule has 1 aliphatic carbocycles. The fourth-order valence-electron chi connectivity index (χ4n) is 4.35. The number of hydrogen-bond acceptors (Lipinski definition) is 6. The van der Waals surface area contributed by atoms with Crippen LogP contribution in [0, 0.1) is 17.2 Å². The van der Waals surface area contributed by atoms with Crippen LogP contribution in [0.2, 0.25) is 0 Å². The summed E-state index contributed by atoms with van der Waals surface area (Å²) in [7, 11) is 1.45. The molecular formula is C21H22N4O5. The number of anilines is 1. The van der Waals surface area contributed by atoms with Crippen LogP contribution in [0.4, 0.5) is 5.69 Å². The van der Waals surface area contributed by atoms with E-state index in [4.69, 9.17) is 4.74 Å². The van der Waals surface area contributed by atoms with Gasteiger partial charge in [0.2, 0.25) is 11.6 Å². The normalized spacial score (nSPS) is 24.4. The second-order valence-electron chi connectivity index (χ2n) is 8.14. The Hall–Kier alpha value is -3.41. The van der Waals surface area contributed by atoms with E-state index in [-0.39, 0.29) is 24.7 Å². The first-order valence-electron chi connectivity index (χ1n) is 9.84. The van der Waals surface area contributed by atoms with Crippen molar-refractivity contribution in [2.75, 3.05) is 18.6 Å². The van der Waals surface area contributed by atoms with Crippen molar-refractivity contribution in [3.8, 4) is 6.07 Å². The number of hydrogen-bond donors (Lipinski definition) is 1. The van der Waals surface area contributed by atoms with Crippen LogP contribution in [-0.4, -0.2) is 53.4 Å². The van der Waals surface area contributed by atoms with Crippen LogP contribution >= 0.6 is 0 Å². The number of esters is 1. The molecule has 156 valence electrons. The summed E-state index contributed by atoms with van der Waals surface area (Å²) in [5, 5.41) is 12.0. The fraction of sp³-hybridized carbons (Fsp3) is 0.476. The number of fused-ring (bicyclic) bond motifs is 3. The molecule has 1 saturated heterocycles. The van der Waals surface area contributed by atoms with Gasteiger partial charge in [-0.05, 0) is 37.8 Å². The van der Waals surface area contributed by atoms with E-state index in [9.17, 15) is 24.4 Å². The highest BCUT2D eigenvalue weighted by molar-refractivity contribution is 6.15. The molecule has 3 amide bonds. The van der Waals surface area contributed by atoms with Crippen LogP contribution in [0.5, 0.6) is 0 Å². The predicted molar refractivity (Wildman–Crippen MR) is 104 cm³/mol. The zero-order valence-electron chi connectivity index (χ0n) is 16.8. The molecule has 3 aliphatic rings. The Labute approximate surface area is 173 Å². The van der Waals surface area contributed by atoms with Crippen molar-refractivity contribution >= 4 is 29.4 Å². The zero-order valence-corrected chi connectivity index (χ0v) is 16.8. The van der Waals surface area contributed by atoms with Gasteiger partial charge in [-0.1, -0.05) is 12.1 Å². The highest BCUT2D eigenvalue weighted by Gasteiger charge is 2.61. The number of amides is 3. The average Bonchev–Trinajstić information content (AvgIpc) is 3.54. The minimum absolute atomic E-state index is 0.0703. The lowest BCUT2D eigenvalue weighted by molar-refractivity contribution is -0.159. The smallest absolute Gasteiger partial charge is 0.354 e. The number of benzene rings is 1. The van der Waals surface area contributed by atoms with Crippen LogP contribution in [0.15, 0.2) is 24.3 Å². The van der Waals surface area contributed by atoms with E-state index in [2.05, 4.69) is 11.4 Å². The molecule has 0 radical (unpaired) electrons. The quantitative estimate of drug-likeness (QED) is 0.722. The summed E-state index contributed by atoms with van der Waals surface area (Å²) >= 11 is 0. The molecule has 0 aromatic heterocycles. The molecule has 0 spiro atoms. The maximum Gasteiger partial charge on any atom is 0.354 e. The van der Waals surface area contributed by atoms with Gasteiger partial charge in [0, 0.05) is 19.9 Å². The monoisotopic (exact) mass is 410 g/mol. The maximum absolute atomic E-state index is 13.1. The number of nitriles is 1. The number of nitrogens with zero attached hydrogens (tertiary/aromatic N) is 3. The van der Waals surface area contributed by atoms with Crippen molar-refractivity contribution < 1.29 is 23.9 Å². The minimum atomic E-state index is -1.63. The molecule has 2 heterocycles. The third-order valence-electron chi connectivity index (χ3n) is 6.23. The second kappa shape index (κ2) is 6.83. The molecule has 1 saturated carbocycles. The molecule has 9 heteroatoms. The Bertz CT molecular complexity index is 997. The van der Waals surface area contributed by atoms with E-state index in [1.807, 2.05) is 0 Å². The molecule has 0 bridgehead atoms. The van der Waals surface area contributed by atoms with Gasteiger partial charge in [-0.25, -0.2) is 4.79 Å². The number of carbonyl (C=O) groups is 4. The van der Waals surface area contributed by atoms with E-state index in [0.717, 1.165) is 12.8 Å². The first-order chi connectivity index (χ1) is 14.2. The summed E-state index contributed by atoms with van der Waals surface area (Å²) in [4.78, 5) is 53.5. The topological polar surface area (TPSA) is 120 Å². The van der Waals surface area contributed by atoms with Gasteiger partial charge in [0.05, 0.1) is 17.3 Å². The summed E-state index contributed by atoms with van der Waals surface area (Å²) in [6.07, 6.45) is 1.86. The van der Waals surface area contributed by atoms with Crippen molar-refractivity contribution in [3.63, 3.8) is 0 Å². The fourth-order valence-corrected chi connectivity index (χ4v) is 4.35. The third-order valence-corrected chi connectivity index (χ3v) is 6.23. The molecule has 2 fully saturated rings. The molecule has 1 aromatic rings. The second-order valence-corrected chi connectivity index (χ2v) is 8.14. The number of nitrogens with one attached hydrogen (secondary N) is 1. The third kappa shape index (κ3) is 2.83. The lowest BCUT2D eigenvalue weighted by Gasteiger charge is -2.46. The van der Waals surface area contributed by atoms with Gasteiger partial charge in [0.1, 0.15) is 5.54 Å². The molecule has 1 aromatic carbocycles. The molecule has 0 unspecified atom stereocenters. The van der Waals surface area contributed by atoms with E-state index in [1.165, 1.54) is 16.8 Å². The molecule has 2 aliphatic heterocycles. The largest absolute Gasteiger partial charge is 0.452 e. The number of rotatable bonds is 5. The predicted octanol–water partition coefficient (Wildman–Crippen LogP) is 0.947. The Kier molecular flexibility index (Phi) is 4.53. The van der Waals surface area contributed by atoms with Gasteiger partial charge in [-0.2, -0.15) is 5.26 Å². The number of carbonyl (C=O) groups excluding carboxylic acids is 4. The van der Waals surface area contributed by atoms with Gasteiger partial charge in [0.25, 0.3) is 11.8 Å². The van der Waals surface area contributed by atoms with Crippen LogP contribution in [0.1, 0.15) is 43.0 Å². The van der Waals surface area contributed by atoms with Crippen LogP contribution in [0.3, 0.4) is 0 Å². The Morgan fingerprint density at radius 2 is 2.03 bits per heavy atom. The van der Waals surface area contributed by atoms with Crippen LogP contribution in [0.25, 0.3) is 0 Å². The molecular weight excluding hydrogens is 388 g/mol. The number of likely N-dealkylation sites (N-methyl/N-ethyl adjacent to an activating group) is 1. The van der Waals surface area contributed by atoms with E-state index in [1.54, 1.807) is 31.2 Å². The summed E-state index contributed by atoms with van der Waals surface area (Å²) in [5.74, 6) is -2.06. The van der Waals surface area contributed by atoms with Crippen molar-refractivity contribution in [2.45, 2.75) is 43.8 Å². The summed E-state index contributed by atoms with van der Waals surface area (Å²) in [6.45, 7) is 1.04. The lowest BCUT2D eigenvalue weighted by Crippen LogP contribution is -2.67. The Morgan fingerprint density at radius 3 is 2.70 bits per heavy atom. The van der Waals surface area contributed by atoms with E-state index in [0.29, 0.717) is 11.3 Å². The molecule has 2 atom stereocenters. The molecule has 30 heavy (non-hydrogen) atoms. The molecule has 4 rings (SSSR count). The SMILES string of the molecule is CN1C(=O)c2ccccc2N2C(=O)CC[C@]12C(=O)OCC(=O)N[C@@](C)(C#N)C1CC1.